The molecule has 8 heteroatoms. The third kappa shape index (κ3) is 9.35. The molecule has 0 spiro atoms. The summed E-state index contributed by atoms with van der Waals surface area (Å²) in [6.45, 7) is 3.09. The van der Waals surface area contributed by atoms with Crippen molar-refractivity contribution in [3.05, 3.63) is 108 Å². The molecule has 0 aliphatic heterocycles. The maximum atomic E-state index is 13.0. The molecular formula is C31H38N4O4. The van der Waals surface area contributed by atoms with Crippen LogP contribution in [0.3, 0.4) is 0 Å². The van der Waals surface area contributed by atoms with Crippen LogP contribution in [0.25, 0.3) is 0 Å². The second-order valence-electron chi connectivity index (χ2n) is 9.75. The van der Waals surface area contributed by atoms with Gasteiger partial charge in [0.05, 0.1) is 24.2 Å². The van der Waals surface area contributed by atoms with Crippen molar-refractivity contribution in [2.24, 2.45) is 5.73 Å². The van der Waals surface area contributed by atoms with Crippen molar-refractivity contribution in [3.8, 4) is 0 Å². The van der Waals surface area contributed by atoms with Crippen LogP contribution in [0.4, 0.5) is 0 Å². The van der Waals surface area contributed by atoms with Crippen molar-refractivity contribution in [2.75, 3.05) is 0 Å². The largest absolute Gasteiger partial charge is 0.391 e. The Hall–Kier alpha value is -4.01. The molecule has 0 saturated heterocycles. The number of hydrogen-bond acceptors (Lipinski definition) is 5. The molecule has 0 heterocycles. The van der Waals surface area contributed by atoms with E-state index in [1.807, 2.05) is 91.0 Å². The molecule has 8 nitrogen and oxygen atoms in total. The highest BCUT2D eigenvalue weighted by Gasteiger charge is 2.26. The molecule has 4 atom stereocenters. The summed E-state index contributed by atoms with van der Waals surface area (Å²) in [5.74, 6) is -1.10. The fourth-order valence-corrected chi connectivity index (χ4v) is 4.23. The molecule has 206 valence electrons. The molecule has 39 heavy (non-hydrogen) atoms. The standard InChI is InChI=1S/C31H38N4O4/c1-21(32)30(38)33-22(2)31(39)34-26(20-23-12-6-3-7-13-23)27(36)18-19-28(37)35-29(24-14-8-4-9-15-24)25-16-10-5-11-17-25/h3-17,21-22,26-27,29,36H,18-20,32H2,1-2H3,(H,33,38)(H,34,39)(H,35,37). The predicted molar refractivity (Wildman–Crippen MR) is 151 cm³/mol. The molecule has 0 saturated carbocycles. The van der Waals surface area contributed by atoms with Gasteiger partial charge in [-0.1, -0.05) is 91.0 Å². The Kier molecular flexibility index (Phi) is 11.2. The first kappa shape index (κ1) is 29.5. The van der Waals surface area contributed by atoms with Crippen LogP contribution < -0.4 is 21.7 Å². The Labute approximate surface area is 230 Å². The van der Waals surface area contributed by atoms with E-state index < -0.39 is 36.0 Å². The van der Waals surface area contributed by atoms with E-state index in [9.17, 15) is 19.5 Å². The SMILES string of the molecule is CC(N)C(=O)NC(C)C(=O)NC(Cc1ccccc1)C(O)CCC(=O)NC(c1ccccc1)c1ccccc1. The third-order valence-corrected chi connectivity index (χ3v) is 6.49. The van der Waals surface area contributed by atoms with E-state index in [2.05, 4.69) is 16.0 Å². The van der Waals surface area contributed by atoms with E-state index in [-0.39, 0.29) is 24.8 Å². The number of aliphatic hydroxyl groups is 1. The monoisotopic (exact) mass is 530 g/mol. The molecule has 3 aromatic rings. The number of carbonyl (C=O) groups is 3. The third-order valence-electron chi connectivity index (χ3n) is 6.49. The van der Waals surface area contributed by atoms with Crippen LogP contribution >= 0.6 is 0 Å². The second kappa shape index (κ2) is 14.8. The van der Waals surface area contributed by atoms with Crippen LogP contribution in [-0.2, 0) is 20.8 Å². The predicted octanol–water partition coefficient (Wildman–Crippen LogP) is 2.61. The van der Waals surface area contributed by atoms with Crippen molar-refractivity contribution in [2.45, 2.75) is 63.4 Å². The second-order valence-corrected chi connectivity index (χ2v) is 9.75. The first-order valence-electron chi connectivity index (χ1n) is 13.2. The van der Waals surface area contributed by atoms with Crippen LogP contribution in [0.5, 0.6) is 0 Å². The van der Waals surface area contributed by atoms with Crippen molar-refractivity contribution in [3.63, 3.8) is 0 Å². The minimum atomic E-state index is -0.997. The Morgan fingerprint density at radius 3 is 1.77 bits per heavy atom. The van der Waals surface area contributed by atoms with Gasteiger partial charge in [0.15, 0.2) is 0 Å². The normalized spacial score (nSPS) is 14.1. The smallest absolute Gasteiger partial charge is 0.242 e. The van der Waals surface area contributed by atoms with Gasteiger partial charge in [-0.25, -0.2) is 0 Å². The number of amides is 3. The molecule has 0 aromatic heterocycles. The molecule has 0 radical (unpaired) electrons. The van der Waals surface area contributed by atoms with E-state index in [1.54, 1.807) is 6.92 Å². The van der Waals surface area contributed by atoms with Gasteiger partial charge >= 0.3 is 0 Å². The summed E-state index contributed by atoms with van der Waals surface area (Å²) in [6.07, 6.45) is -0.432. The molecule has 3 rings (SSSR count). The Balaban J connectivity index is 1.66. The number of benzene rings is 3. The first-order chi connectivity index (χ1) is 18.7. The molecule has 0 aliphatic rings. The maximum Gasteiger partial charge on any atom is 0.242 e. The molecule has 0 bridgehead atoms. The summed E-state index contributed by atoms with van der Waals surface area (Å²) in [4.78, 5) is 37.8. The van der Waals surface area contributed by atoms with Gasteiger partial charge in [-0.3, -0.25) is 14.4 Å². The summed E-state index contributed by atoms with van der Waals surface area (Å²) in [5.41, 5.74) is 8.42. The van der Waals surface area contributed by atoms with Gasteiger partial charge in [0, 0.05) is 6.42 Å². The summed E-state index contributed by atoms with van der Waals surface area (Å²) < 4.78 is 0. The molecule has 4 unspecified atom stereocenters. The van der Waals surface area contributed by atoms with Gasteiger partial charge < -0.3 is 26.8 Å². The Morgan fingerprint density at radius 2 is 1.26 bits per heavy atom. The number of hydrogen-bond donors (Lipinski definition) is 5. The zero-order valence-electron chi connectivity index (χ0n) is 22.4. The molecule has 6 N–H and O–H groups in total. The molecule has 3 aromatic carbocycles. The summed E-state index contributed by atoms with van der Waals surface area (Å²) >= 11 is 0. The number of nitrogens with two attached hydrogens (primary N) is 1. The van der Waals surface area contributed by atoms with Crippen molar-refractivity contribution in [1.29, 1.82) is 0 Å². The number of carbonyl (C=O) groups excluding carboxylic acids is 3. The lowest BCUT2D eigenvalue weighted by Gasteiger charge is -2.27. The molecule has 3 amide bonds. The van der Waals surface area contributed by atoms with Gasteiger partial charge in [-0.15, -0.1) is 0 Å². The highest BCUT2D eigenvalue weighted by Crippen LogP contribution is 2.22. The highest BCUT2D eigenvalue weighted by atomic mass is 16.3. The van der Waals surface area contributed by atoms with Gasteiger partial charge in [-0.05, 0) is 43.4 Å². The summed E-state index contributed by atoms with van der Waals surface area (Å²) in [7, 11) is 0. The first-order valence-corrected chi connectivity index (χ1v) is 13.2. The van der Waals surface area contributed by atoms with Gasteiger partial charge in [0.1, 0.15) is 6.04 Å². The zero-order valence-corrected chi connectivity index (χ0v) is 22.4. The number of rotatable bonds is 13. The molecule has 0 fully saturated rings. The van der Waals surface area contributed by atoms with Crippen LogP contribution in [0.15, 0.2) is 91.0 Å². The van der Waals surface area contributed by atoms with Crippen LogP contribution in [0.2, 0.25) is 0 Å². The van der Waals surface area contributed by atoms with E-state index in [1.165, 1.54) is 6.92 Å². The zero-order chi connectivity index (χ0) is 28.2. The topological polar surface area (TPSA) is 134 Å². The quantitative estimate of drug-likeness (QED) is 0.232. The summed E-state index contributed by atoms with van der Waals surface area (Å²) in [5, 5.41) is 19.6. The Morgan fingerprint density at radius 1 is 0.744 bits per heavy atom. The fraction of sp³-hybridized carbons (Fsp3) is 0.323. The average Bonchev–Trinajstić information content (AvgIpc) is 2.95. The van der Waals surface area contributed by atoms with Crippen molar-refractivity contribution >= 4 is 17.7 Å². The molecule has 0 aliphatic carbocycles. The van der Waals surface area contributed by atoms with Gasteiger partial charge in [0.25, 0.3) is 0 Å². The minimum Gasteiger partial charge on any atom is -0.391 e. The average molecular weight is 531 g/mol. The van der Waals surface area contributed by atoms with E-state index >= 15 is 0 Å². The van der Waals surface area contributed by atoms with Crippen molar-refractivity contribution in [1.82, 2.24) is 16.0 Å². The van der Waals surface area contributed by atoms with Crippen LogP contribution in [0, 0.1) is 0 Å². The highest BCUT2D eigenvalue weighted by molar-refractivity contribution is 5.89. The fourth-order valence-electron chi connectivity index (χ4n) is 4.23. The lowest BCUT2D eigenvalue weighted by atomic mass is 9.96. The van der Waals surface area contributed by atoms with Gasteiger partial charge in [-0.2, -0.15) is 0 Å². The lowest BCUT2D eigenvalue weighted by Crippen LogP contribution is -2.54. The Bertz CT molecular complexity index is 1150. The van der Waals surface area contributed by atoms with E-state index in [0.717, 1.165) is 16.7 Å². The number of nitrogens with one attached hydrogen (secondary N) is 3. The lowest BCUT2D eigenvalue weighted by molar-refractivity contribution is -0.130. The van der Waals surface area contributed by atoms with E-state index in [0.29, 0.717) is 6.42 Å². The number of aliphatic hydroxyl groups excluding tert-OH is 1. The maximum absolute atomic E-state index is 13.0. The van der Waals surface area contributed by atoms with Crippen LogP contribution in [0.1, 0.15) is 49.4 Å². The van der Waals surface area contributed by atoms with E-state index in [4.69, 9.17) is 5.73 Å². The van der Waals surface area contributed by atoms with Gasteiger partial charge in [0.2, 0.25) is 17.7 Å². The molecular weight excluding hydrogens is 492 g/mol. The van der Waals surface area contributed by atoms with Crippen LogP contribution in [-0.4, -0.2) is 47.1 Å². The summed E-state index contributed by atoms with van der Waals surface area (Å²) in [6, 6.07) is 26.3. The minimum absolute atomic E-state index is 0.0650. The van der Waals surface area contributed by atoms with Crippen molar-refractivity contribution < 1.29 is 19.5 Å².